The predicted octanol–water partition coefficient (Wildman–Crippen LogP) is 8.73. The van der Waals surface area contributed by atoms with Crippen molar-refractivity contribution in [3.63, 3.8) is 0 Å². The molecule has 0 aliphatic rings. The Morgan fingerprint density at radius 1 is 0.406 bits per heavy atom. The molecule has 0 saturated heterocycles. The van der Waals surface area contributed by atoms with Crippen molar-refractivity contribution in [1.29, 1.82) is 0 Å². The number of nitrogens with two attached hydrogens (primary N) is 1. The number of carbonyl (C=O) groups excluding carboxylic acids is 9. The second kappa shape index (κ2) is 49.2. The summed E-state index contributed by atoms with van der Waals surface area (Å²) in [7, 11) is 0. The minimum atomic E-state index is -1.19. The Hall–Kier alpha value is -8.45. The molecule has 101 heavy (non-hydrogen) atoms. The van der Waals surface area contributed by atoms with E-state index in [1.165, 1.54) is 24.3 Å². The van der Waals surface area contributed by atoms with Gasteiger partial charge in [-0.2, -0.15) is 0 Å². The summed E-state index contributed by atoms with van der Waals surface area (Å²) in [6.45, 7) is 30.6. The van der Waals surface area contributed by atoms with Crippen LogP contribution in [0.2, 0.25) is 0 Å². The van der Waals surface area contributed by atoms with E-state index in [0.717, 1.165) is 62.6 Å². The minimum Gasteiger partial charge on any atom is -0.870 e. The number of nitrogens with one attached hydrogen (secondary N) is 5. The van der Waals surface area contributed by atoms with Crippen molar-refractivity contribution in [3.05, 3.63) is 89.5 Å². The molecule has 11 N–H and O–H groups in total. The van der Waals surface area contributed by atoms with Gasteiger partial charge in [0.1, 0.15) is 74.9 Å². The molecule has 0 unspecified atom stereocenters. The van der Waals surface area contributed by atoms with Gasteiger partial charge < -0.3 is 95.9 Å². The van der Waals surface area contributed by atoms with Crippen LogP contribution in [0.15, 0.2) is 72.8 Å². The Bertz CT molecular complexity index is 2990. The first-order chi connectivity index (χ1) is 45.7. The van der Waals surface area contributed by atoms with Gasteiger partial charge in [-0.05, 0) is 216 Å². The first-order valence-electron chi connectivity index (χ1n) is 33.2. The summed E-state index contributed by atoms with van der Waals surface area (Å²) < 4.78 is 36.0. The number of Topliss-reactive ketones (excluding diaryl/α,β-unsaturated/α-hetero) is 2. The third kappa shape index (κ3) is 55.9. The SMILES string of the molecule is CC(=O)CCCCCN.CC(=O)CCCCCNC(=O)[C@H](Cc1ccc(OC(=O)OC(C)(C)C)cc1)NC(=O)OC(C)(C)C.CC(C)(C)OC(=O)N[C@@H](Cc1ccc(O)cc1)C(=O)NCCCCCC(=O)O.CC(C)(C)OC(=O)N[C@@H](Cc1ccc(OC(=O)OC(C)(C)C)cc1)C(=O)O.[Li+].[OH-]. The number of phenolic OH excluding ortho intramolecular Hbond substituents is 1. The van der Waals surface area contributed by atoms with Gasteiger partial charge in [-0.1, -0.05) is 55.7 Å². The van der Waals surface area contributed by atoms with Crippen molar-refractivity contribution >= 4 is 65.9 Å². The van der Waals surface area contributed by atoms with Crippen molar-refractivity contribution in [3.8, 4) is 17.2 Å². The number of ketones is 2. The van der Waals surface area contributed by atoms with E-state index in [4.69, 9.17) is 44.0 Å². The number of unbranched alkanes of at least 4 members (excludes halogenated alkanes) is 6. The summed E-state index contributed by atoms with van der Waals surface area (Å²) in [5.41, 5.74) is 3.96. The number of rotatable bonds is 31. The van der Waals surface area contributed by atoms with Crippen molar-refractivity contribution in [1.82, 2.24) is 26.6 Å². The zero-order valence-corrected chi connectivity index (χ0v) is 62.6. The summed E-state index contributed by atoms with van der Waals surface area (Å²) in [4.78, 5) is 128. The van der Waals surface area contributed by atoms with Gasteiger partial charge in [0.2, 0.25) is 11.8 Å². The van der Waals surface area contributed by atoms with E-state index in [1.54, 1.807) is 166 Å². The fraction of sp³-hybridized carbons (Fsp3) is 0.597. The van der Waals surface area contributed by atoms with Crippen LogP contribution in [0.5, 0.6) is 17.2 Å². The smallest absolute Gasteiger partial charge is 0.870 e. The van der Waals surface area contributed by atoms with Gasteiger partial charge in [0.25, 0.3) is 0 Å². The summed E-state index contributed by atoms with van der Waals surface area (Å²) in [6.07, 6.45) is 5.41. The van der Waals surface area contributed by atoms with Crippen LogP contribution in [-0.4, -0.2) is 152 Å². The average molecular weight is 1420 g/mol. The second-order valence-electron chi connectivity index (χ2n) is 28.2. The summed E-state index contributed by atoms with van der Waals surface area (Å²) >= 11 is 0. The Labute approximate surface area is 607 Å². The largest absolute Gasteiger partial charge is 1.00 e. The van der Waals surface area contributed by atoms with Gasteiger partial charge in [0.05, 0.1) is 0 Å². The number of aliphatic carboxylic acids is 2. The maximum Gasteiger partial charge on any atom is 1.00 e. The molecule has 0 fully saturated rings. The van der Waals surface area contributed by atoms with E-state index < -0.39 is 88.7 Å². The first-order valence-corrected chi connectivity index (χ1v) is 33.2. The molecule has 0 aliphatic carbocycles. The molecular weight excluding hydrogens is 1310 g/mol. The number of hydrogen-bond donors (Lipinski definition) is 9. The molecule has 3 atom stereocenters. The maximum absolute atomic E-state index is 12.8. The number of aromatic hydroxyl groups is 1. The number of amides is 5. The quantitative estimate of drug-likeness (QED) is 0.00955. The van der Waals surface area contributed by atoms with Gasteiger partial charge in [-0.25, -0.2) is 28.8 Å². The average Bonchev–Trinajstić information content (AvgIpc) is 0.883. The number of phenols is 1. The number of ether oxygens (including phenoxy) is 7. The third-order valence-corrected chi connectivity index (χ3v) is 12.4. The topological polar surface area (TPSA) is 429 Å². The van der Waals surface area contributed by atoms with Crippen LogP contribution in [0.1, 0.15) is 211 Å². The van der Waals surface area contributed by atoms with E-state index in [-0.39, 0.29) is 84.9 Å². The number of alkyl carbamates (subject to hydrolysis) is 3. The van der Waals surface area contributed by atoms with Crippen LogP contribution in [-0.2, 0) is 71.7 Å². The van der Waals surface area contributed by atoms with E-state index in [1.807, 2.05) is 0 Å². The zero-order valence-electron chi connectivity index (χ0n) is 62.6. The molecule has 29 heteroatoms. The predicted molar refractivity (Wildman–Crippen MR) is 374 cm³/mol. The molecule has 3 aromatic rings. The van der Waals surface area contributed by atoms with Gasteiger partial charge in [-0.15, -0.1) is 0 Å². The molecule has 3 aromatic carbocycles. The zero-order chi connectivity index (χ0) is 75.7. The standard InChI is InChI=1S/C26H40N2O7.C20H30N2O6.C19H27NO7.C7H15NO.Li.H2O/c1-18(29)11-9-8-10-16-27-22(30)21(28-23(31)34-25(2,3)4)17-19-12-14-20(15-13-19)33-24(32)35-26(5,6)7;1-20(2,3)28-19(27)22-16(13-14-8-10-15(23)11-9-14)18(26)21-12-6-4-5-7-17(24)25;1-18(2,3)26-16(23)20-14(15(21)22)11-12-7-9-13(10-8-12)25-17(24)27-19(4,5)6;1-7(9)5-3-2-4-6-8;;/h12-15,21H,8-11,16-17H2,1-7H3,(H,27,30)(H,28,31);8-11,16,23H,4-7,12-13H2,1-3H3,(H,21,26)(H,22,27)(H,24,25);7-10,14H,11H2,1-6H3,(H,20,23)(H,21,22);2-6,8H2,1H3;;1H2/q;;;;+1;/p-1/t21-;16-;14-;;;/m000.../s1. The molecule has 564 valence electrons. The first kappa shape index (κ1) is 96.7. The Kier molecular flexibility index (Phi) is 47.1. The summed E-state index contributed by atoms with van der Waals surface area (Å²) in [6, 6.07) is 16.4. The van der Waals surface area contributed by atoms with Gasteiger partial charge in [-0.3, -0.25) is 14.4 Å². The Morgan fingerprint density at radius 2 is 0.693 bits per heavy atom. The summed E-state index contributed by atoms with van der Waals surface area (Å²) in [5.74, 6) is -1.59. The van der Waals surface area contributed by atoms with Crippen molar-refractivity contribution < 1.29 is 126 Å². The van der Waals surface area contributed by atoms with Crippen molar-refractivity contribution in [2.75, 3.05) is 19.6 Å². The van der Waals surface area contributed by atoms with Crippen LogP contribution in [0.4, 0.5) is 24.0 Å². The maximum atomic E-state index is 12.8. The third-order valence-electron chi connectivity index (χ3n) is 12.4. The van der Waals surface area contributed by atoms with E-state index in [0.29, 0.717) is 50.1 Å². The minimum absolute atomic E-state index is 0. The summed E-state index contributed by atoms with van der Waals surface area (Å²) in [5, 5.41) is 40.5. The number of carboxylic acid groups (broad SMARTS) is 2. The molecule has 0 spiro atoms. The van der Waals surface area contributed by atoms with E-state index >= 15 is 0 Å². The number of carboxylic acids is 2. The number of carbonyl (C=O) groups is 11. The van der Waals surface area contributed by atoms with Crippen molar-refractivity contribution in [2.24, 2.45) is 5.73 Å². The fourth-order valence-electron chi connectivity index (χ4n) is 8.05. The second-order valence-corrected chi connectivity index (χ2v) is 28.2. The monoisotopic (exact) mass is 1420 g/mol. The molecule has 0 bridgehead atoms. The van der Waals surface area contributed by atoms with E-state index in [9.17, 15) is 63.0 Å². The number of hydrogen-bond acceptors (Lipinski definition) is 21. The molecule has 0 aliphatic heterocycles. The van der Waals surface area contributed by atoms with Crippen molar-refractivity contribution in [2.45, 2.75) is 260 Å². The Morgan fingerprint density at radius 3 is 0.980 bits per heavy atom. The molecule has 5 amide bonds. The molecule has 0 saturated carbocycles. The number of benzene rings is 3. The molecule has 0 radical (unpaired) electrons. The van der Waals surface area contributed by atoms with Crippen LogP contribution >= 0.6 is 0 Å². The van der Waals surface area contributed by atoms with Crippen LogP contribution in [0.25, 0.3) is 0 Å². The molecular formula is C72H113LiN6O22. The van der Waals surface area contributed by atoms with Gasteiger partial charge in [0.15, 0.2) is 0 Å². The Balaban J connectivity index is -0.00000134. The fourth-order valence-corrected chi connectivity index (χ4v) is 8.05. The van der Waals surface area contributed by atoms with Crippen LogP contribution in [0.3, 0.4) is 0 Å². The van der Waals surface area contributed by atoms with Crippen LogP contribution < -0.4 is 60.7 Å². The normalized spacial score (nSPS) is 11.9. The van der Waals surface area contributed by atoms with Gasteiger partial charge in [0, 0.05) is 51.6 Å². The molecule has 0 aromatic heterocycles. The van der Waals surface area contributed by atoms with Crippen LogP contribution in [0, 0.1) is 0 Å². The van der Waals surface area contributed by atoms with E-state index in [2.05, 4.69) is 26.6 Å². The molecule has 28 nitrogen and oxygen atoms in total. The van der Waals surface area contributed by atoms with Gasteiger partial charge >= 0.3 is 61.4 Å². The molecule has 3 rings (SSSR count). The molecule has 0 heterocycles.